The van der Waals surface area contributed by atoms with E-state index in [9.17, 15) is 0 Å². The summed E-state index contributed by atoms with van der Waals surface area (Å²) in [6.07, 6.45) is 10.1. The van der Waals surface area contributed by atoms with Crippen molar-refractivity contribution in [3.63, 3.8) is 0 Å². The van der Waals surface area contributed by atoms with Crippen LogP contribution in [-0.4, -0.2) is 33.3 Å². The maximum atomic E-state index is 5.83. The fraction of sp³-hybridized carbons (Fsp3) is 0.143. The average Bonchev–Trinajstić information content (AvgIpc) is 3.37. The van der Waals surface area contributed by atoms with Gasteiger partial charge in [0.1, 0.15) is 6.20 Å². The van der Waals surface area contributed by atoms with Crippen LogP contribution in [0.2, 0.25) is 0 Å². The lowest BCUT2D eigenvalue weighted by Crippen LogP contribution is -2.27. The number of aromatic nitrogens is 4. The maximum absolute atomic E-state index is 5.83. The van der Waals surface area contributed by atoms with Gasteiger partial charge in [-0.15, -0.1) is 0 Å². The van der Waals surface area contributed by atoms with Gasteiger partial charge in [-0.25, -0.2) is 19.4 Å². The third kappa shape index (κ3) is 4.32. The number of hydrazone groups is 1. The molecule has 0 amide bonds. The lowest BCUT2D eigenvalue weighted by molar-refractivity contribution is -0.510. The van der Waals surface area contributed by atoms with E-state index in [-0.39, 0.29) is 5.96 Å². The Labute approximate surface area is 168 Å². The number of imidazole rings is 2. The van der Waals surface area contributed by atoms with E-state index in [4.69, 9.17) is 5.73 Å². The first-order chi connectivity index (χ1) is 14.2. The Hall–Kier alpha value is -3.94. The Morgan fingerprint density at radius 3 is 2.90 bits per heavy atom. The van der Waals surface area contributed by atoms with Crippen molar-refractivity contribution in [3.05, 3.63) is 78.6 Å². The van der Waals surface area contributed by atoms with Crippen LogP contribution in [-0.2, 0) is 13.5 Å². The second kappa shape index (κ2) is 8.39. The smallest absolute Gasteiger partial charge is 0.286 e. The number of fused-ring (bicyclic) bond motifs is 1. The van der Waals surface area contributed by atoms with E-state index in [2.05, 4.69) is 65.9 Å². The molecule has 0 atom stereocenters. The minimum atomic E-state index is 0.282. The van der Waals surface area contributed by atoms with Gasteiger partial charge in [0.25, 0.3) is 5.65 Å². The highest BCUT2D eigenvalue weighted by molar-refractivity contribution is 5.83. The zero-order valence-corrected chi connectivity index (χ0v) is 16.2. The molecule has 8 nitrogen and oxygen atoms in total. The third-order valence-electron chi connectivity index (χ3n) is 4.65. The van der Waals surface area contributed by atoms with Gasteiger partial charge in [-0.1, -0.05) is 18.2 Å². The van der Waals surface area contributed by atoms with E-state index in [0.29, 0.717) is 6.54 Å². The van der Waals surface area contributed by atoms with E-state index in [1.165, 1.54) is 0 Å². The molecule has 0 saturated heterocycles. The summed E-state index contributed by atoms with van der Waals surface area (Å²) >= 11 is 0. The SMILES string of the molecule is Cn1c(-c2ccc(/C=N\NC(N)=NCCc3cnc[nH]3)cc2)c[n+]2ccccc12. The quantitative estimate of drug-likeness (QED) is 0.203. The zero-order chi connectivity index (χ0) is 20.1. The lowest BCUT2D eigenvalue weighted by Gasteiger charge is -2.00. The summed E-state index contributed by atoms with van der Waals surface area (Å²) in [6.45, 7) is 0.564. The summed E-state index contributed by atoms with van der Waals surface area (Å²) < 4.78 is 4.29. The lowest BCUT2D eigenvalue weighted by atomic mass is 10.1. The van der Waals surface area contributed by atoms with Crippen LogP contribution < -0.4 is 15.6 Å². The first-order valence-corrected chi connectivity index (χ1v) is 9.33. The van der Waals surface area contributed by atoms with Crippen LogP contribution in [0.25, 0.3) is 16.9 Å². The van der Waals surface area contributed by atoms with E-state index in [1.807, 2.05) is 30.5 Å². The Morgan fingerprint density at radius 1 is 1.28 bits per heavy atom. The topological polar surface area (TPSA) is 100 Å². The molecule has 4 aromatic rings. The van der Waals surface area contributed by atoms with Gasteiger partial charge >= 0.3 is 0 Å². The second-order valence-corrected chi connectivity index (χ2v) is 6.63. The third-order valence-corrected chi connectivity index (χ3v) is 4.65. The molecule has 29 heavy (non-hydrogen) atoms. The number of hydrogen-bond donors (Lipinski definition) is 3. The van der Waals surface area contributed by atoms with E-state index >= 15 is 0 Å². The summed E-state index contributed by atoms with van der Waals surface area (Å²) in [4.78, 5) is 11.2. The average molecular weight is 387 g/mol. The summed E-state index contributed by atoms with van der Waals surface area (Å²) in [6, 6.07) is 14.4. The molecule has 0 fully saturated rings. The van der Waals surface area contributed by atoms with E-state index < -0.39 is 0 Å². The van der Waals surface area contributed by atoms with Crippen LogP contribution in [0.15, 0.2) is 77.5 Å². The van der Waals surface area contributed by atoms with Gasteiger partial charge in [0, 0.05) is 36.5 Å². The predicted octanol–water partition coefficient (Wildman–Crippen LogP) is 1.63. The molecular formula is C21H23N8+. The molecule has 1 aromatic carbocycles. The highest BCUT2D eigenvalue weighted by Crippen LogP contribution is 2.19. The van der Waals surface area contributed by atoms with Gasteiger partial charge in [0.2, 0.25) is 5.96 Å². The summed E-state index contributed by atoms with van der Waals surface area (Å²) in [5.74, 6) is 0.282. The maximum Gasteiger partial charge on any atom is 0.286 e. The number of benzene rings is 1. The molecule has 0 spiro atoms. The number of aryl methyl sites for hydroxylation is 1. The Kier molecular flexibility index (Phi) is 5.33. The van der Waals surface area contributed by atoms with Gasteiger partial charge in [-0.05, 0) is 23.8 Å². The fourth-order valence-corrected chi connectivity index (χ4v) is 3.12. The molecule has 4 N–H and O–H groups in total. The standard InChI is InChI=1S/C21H23N8/c1-28-19(14-29-11-3-2-4-20(28)29)17-7-5-16(6-8-17)12-26-27-21(22)24-10-9-18-13-23-15-25-18/h2-8,11-15H,9-10H2,1H3,(H,23,25)(H3,22,24,27)/q+1/b26-12-. The number of guanidine groups is 1. The molecule has 0 bridgehead atoms. The summed E-state index contributed by atoms with van der Waals surface area (Å²) in [5, 5.41) is 4.15. The molecule has 3 heterocycles. The molecule has 0 saturated carbocycles. The summed E-state index contributed by atoms with van der Waals surface area (Å²) in [5.41, 5.74) is 14.0. The number of rotatable bonds is 6. The van der Waals surface area contributed by atoms with Crippen LogP contribution in [0, 0.1) is 0 Å². The fourth-order valence-electron chi connectivity index (χ4n) is 3.12. The van der Waals surface area contributed by atoms with Crippen molar-refractivity contribution in [2.24, 2.45) is 22.9 Å². The normalized spacial score (nSPS) is 12.1. The molecule has 0 aliphatic rings. The number of aliphatic imine (C=N–C) groups is 1. The van der Waals surface area contributed by atoms with E-state index in [1.54, 1.807) is 18.7 Å². The van der Waals surface area contributed by atoms with Crippen molar-refractivity contribution in [1.29, 1.82) is 0 Å². The number of nitrogens with one attached hydrogen (secondary N) is 2. The molecular weight excluding hydrogens is 364 g/mol. The summed E-state index contributed by atoms with van der Waals surface area (Å²) in [7, 11) is 2.07. The molecule has 0 aliphatic carbocycles. The van der Waals surface area contributed by atoms with Crippen molar-refractivity contribution >= 4 is 17.8 Å². The Balaban J connectivity index is 1.37. The molecule has 4 rings (SSSR count). The van der Waals surface area contributed by atoms with Gasteiger partial charge < -0.3 is 10.7 Å². The van der Waals surface area contributed by atoms with Crippen molar-refractivity contribution < 1.29 is 4.40 Å². The largest absolute Gasteiger partial charge is 0.369 e. The highest BCUT2D eigenvalue weighted by atomic mass is 15.3. The number of pyridine rings is 1. The molecule has 146 valence electrons. The van der Waals surface area contributed by atoms with Crippen molar-refractivity contribution in [2.45, 2.75) is 6.42 Å². The minimum absolute atomic E-state index is 0.282. The van der Waals surface area contributed by atoms with Crippen LogP contribution in [0.1, 0.15) is 11.3 Å². The van der Waals surface area contributed by atoms with Crippen molar-refractivity contribution in [1.82, 2.24) is 20.0 Å². The van der Waals surface area contributed by atoms with Crippen molar-refractivity contribution in [2.75, 3.05) is 6.54 Å². The molecule has 0 unspecified atom stereocenters. The van der Waals surface area contributed by atoms with E-state index in [0.717, 1.165) is 34.6 Å². The molecule has 0 radical (unpaired) electrons. The van der Waals surface area contributed by atoms with Crippen molar-refractivity contribution in [3.8, 4) is 11.3 Å². The Morgan fingerprint density at radius 2 is 2.14 bits per heavy atom. The van der Waals surface area contributed by atoms with Crippen LogP contribution >= 0.6 is 0 Å². The molecule has 3 aromatic heterocycles. The second-order valence-electron chi connectivity index (χ2n) is 6.63. The number of hydrogen-bond acceptors (Lipinski definition) is 3. The first-order valence-electron chi connectivity index (χ1n) is 9.33. The van der Waals surface area contributed by atoms with Crippen LogP contribution in [0.4, 0.5) is 0 Å². The zero-order valence-electron chi connectivity index (χ0n) is 16.2. The van der Waals surface area contributed by atoms with Crippen LogP contribution in [0.5, 0.6) is 0 Å². The number of aromatic amines is 1. The molecule has 8 heteroatoms. The first kappa shape index (κ1) is 18.4. The Bertz CT molecular complexity index is 1140. The number of nitrogens with zero attached hydrogens (tertiary/aromatic N) is 5. The highest BCUT2D eigenvalue weighted by Gasteiger charge is 2.14. The van der Waals surface area contributed by atoms with Gasteiger partial charge in [0.05, 0.1) is 25.8 Å². The minimum Gasteiger partial charge on any atom is -0.369 e. The number of H-pyrrole nitrogens is 1. The van der Waals surface area contributed by atoms with Crippen LogP contribution in [0.3, 0.4) is 0 Å². The van der Waals surface area contributed by atoms with Gasteiger partial charge in [-0.3, -0.25) is 4.99 Å². The predicted molar refractivity (Wildman–Crippen MR) is 114 cm³/mol. The van der Waals surface area contributed by atoms with Gasteiger partial charge in [0.15, 0.2) is 5.69 Å². The number of nitrogens with two attached hydrogens (primary N) is 1. The molecule has 0 aliphatic heterocycles. The van der Waals surface area contributed by atoms with Gasteiger partial charge in [-0.2, -0.15) is 5.10 Å². The monoisotopic (exact) mass is 387 g/mol.